The average Bonchev–Trinajstić information content (AvgIpc) is 3.15. The first kappa shape index (κ1) is 16.1. The number of carbonyl (C=O) groups excluding carboxylic acids is 1. The molecule has 0 saturated carbocycles. The van der Waals surface area contributed by atoms with Crippen LogP contribution in [0.2, 0.25) is 0 Å². The molecule has 26 heavy (non-hydrogen) atoms. The van der Waals surface area contributed by atoms with E-state index in [1.807, 2.05) is 31.2 Å². The van der Waals surface area contributed by atoms with Crippen molar-refractivity contribution in [3.05, 3.63) is 59.5 Å². The van der Waals surface area contributed by atoms with Gasteiger partial charge in [-0.3, -0.25) is 4.79 Å². The summed E-state index contributed by atoms with van der Waals surface area (Å²) in [7, 11) is 0. The third kappa shape index (κ3) is 3.37. The summed E-state index contributed by atoms with van der Waals surface area (Å²) in [5.41, 5.74) is 2.50. The zero-order valence-corrected chi connectivity index (χ0v) is 14.2. The van der Waals surface area contributed by atoms with Gasteiger partial charge >= 0.3 is 0 Å². The molecular formula is C19H17N3O4. The number of nitrogens with zero attached hydrogens (tertiary/aromatic N) is 2. The molecule has 1 N–H and O–H groups in total. The molecule has 132 valence electrons. The molecule has 0 unspecified atom stereocenters. The minimum atomic E-state index is -0.253. The Morgan fingerprint density at radius 2 is 1.85 bits per heavy atom. The predicted octanol–water partition coefficient (Wildman–Crippen LogP) is 2.75. The number of ether oxygens (including phenoxy) is 2. The zero-order valence-electron chi connectivity index (χ0n) is 14.2. The van der Waals surface area contributed by atoms with Gasteiger partial charge in [0.1, 0.15) is 13.2 Å². The lowest BCUT2D eigenvalue weighted by Crippen LogP contribution is -2.23. The summed E-state index contributed by atoms with van der Waals surface area (Å²) < 4.78 is 16.1. The first-order valence-corrected chi connectivity index (χ1v) is 8.26. The van der Waals surface area contributed by atoms with Crippen molar-refractivity contribution >= 4 is 5.91 Å². The number of nitrogens with one attached hydrogen (secondary N) is 1. The molecule has 7 heteroatoms. The lowest BCUT2D eigenvalue weighted by Gasteiger charge is -2.18. The quantitative estimate of drug-likeness (QED) is 0.778. The van der Waals surface area contributed by atoms with E-state index in [9.17, 15) is 4.79 Å². The van der Waals surface area contributed by atoms with E-state index in [0.29, 0.717) is 42.0 Å². The SMILES string of the molecule is Cc1ccc(-c2noc(CNC(=O)c3ccc4c(c3)OCCO4)n2)cc1. The van der Waals surface area contributed by atoms with Crippen LogP contribution < -0.4 is 14.8 Å². The number of fused-ring (bicyclic) bond motifs is 1. The van der Waals surface area contributed by atoms with Crippen LogP contribution >= 0.6 is 0 Å². The molecule has 1 amide bonds. The van der Waals surface area contributed by atoms with Gasteiger partial charge in [-0.25, -0.2) is 0 Å². The Balaban J connectivity index is 1.41. The van der Waals surface area contributed by atoms with Crippen molar-refractivity contribution in [2.45, 2.75) is 13.5 Å². The topological polar surface area (TPSA) is 86.5 Å². The van der Waals surface area contributed by atoms with Gasteiger partial charge in [0.2, 0.25) is 11.7 Å². The van der Waals surface area contributed by atoms with Crippen LogP contribution in [0.25, 0.3) is 11.4 Å². The van der Waals surface area contributed by atoms with Gasteiger partial charge in [0.15, 0.2) is 11.5 Å². The van der Waals surface area contributed by atoms with Crippen molar-refractivity contribution in [2.24, 2.45) is 0 Å². The number of hydrogen-bond acceptors (Lipinski definition) is 6. The van der Waals surface area contributed by atoms with Crippen LogP contribution in [-0.4, -0.2) is 29.3 Å². The molecule has 0 atom stereocenters. The number of rotatable bonds is 4. The van der Waals surface area contributed by atoms with Gasteiger partial charge in [-0.15, -0.1) is 0 Å². The Kier molecular flexibility index (Phi) is 4.27. The second kappa shape index (κ2) is 6.87. The third-order valence-corrected chi connectivity index (χ3v) is 3.98. The van der Waals surface area contributed by atoms with Crippen molar-refractivity contribution in [3.63, 3.8) is 0 Å². The fourth-order valence-corrected chi connectivity index (χ4v) is 2.59. The fourth-order valence-electron chi connectivity index (χ4n) is 2.59. The summed E-state index contributed by atoms with van der Waals surface area (Å²) in [5.74, 6) is 1.80. The van der Waals surface area contributed by atoms with Gasteiger partial charge in [-0.1, -0.05) is 35.0 Å². The van der Waals surface area contributed by atoms with Gasteiger partial charge in [-0.05, 0) is 25.1 Å². The van der Waals surface area contributed by atoms with E-state index in [1.54, 1.807) is 18.2 Å². The van der Waals surface area contributed by atoms with Crippen LogP contribution in [0.5, 0.6) is 11.5 Å². The summed E-state index contributed by atoms with van der Waals surface area (Å²) in [6.07, 6.45) is 0. The van der Waals surface area contributed by atoms with Crippen molar-refractivity contribution in [1.29, 1.82) is 0 Å². The monoisotopic (exact) mass is 351 g/mol. The molecule has 1 aliphatic heterocycles. The minimum absolute atomic E-state index is 0.145. The van der Waals surface area contributed by atoms with Crippen molar-refractivity contribution in [3.8, 4) is 22.9 Å². The van der Waals surface area contributed by atoms with Crippen molar-refractivity contribution in [1.82, 2.24) is 15.5 Å². The van der Waals surface area contributed by atoms with E-state index in [2.05, 4.69) is 15.5 Å². The lowest BCUT2D eigenvalue weighted by molar-refractivity contribution is 0.0945. The molecule has 2 aromatic carbocycles. The summed E-state index contributed by atoms with van der Waals surface area (Å²) in [6, 6.07) is 12.9. The number of benzene rings is 2. The van der Waals surface area contributed by atoms with E-state index in [4.69, 9.17) is 14.0 Å². The Hall–Kier alpha value is -3.35. The maximum atomic E-state index is 12.3. The Labute approximate surface area is 149 Å². The Bertz CT molecular complexity index is 934. The summed E-state index contributed by atoms with van der Waals surface area (Å²) in [4.78, 5) is 16.6. The summed E-state index contributed by atoms with van der Waals surface area (Å²) in [6.45, 7) is 3.14. The maximum Gasteiger partial charge on any atom is 0.251 e. The molecule has 3 aromatic rings. The molecule has 0 saturated heterocycles. The molecule has 1 aromatic heterocycles. The van der Waals surface area contributed by atoms with Crippen LogP contribution in [0.4, 0.5) is 0 Å². The normalized spacial score (nSPS) is 12.7. The van der Waals surface area contributed by atoms with Crippen LogP contribution in [0.1, 0.15) is 21.8 Å². The summed E-state index contributed by atoms with van der Waals surface area (Å²) >= 11 is 0. The molecule has 2 heterocycles. The first-order valence-electron chi connectivity index (χ1n) is 8.26. The van der Waals surface area contributed by atoms with Crippen molar-refractivity contribution in [2.75, 3.05) is 13.2 Å². The molecule has 7 nitrogen and oxygen atoms in total. The standard InChI is InChI=1S/C19H17N3O4/c1-12-2-4-13(5-3-12)18-21-17(26-22-18)11-20-19(23)14-6-7-15-16(10-14)25-9-8-24-15/h2-7,10H,8-9,11H2,1H3,(H,20,23). The Morgan fingerprint density at radius 3 is 2.65 bits per heavy atom. The largest absolute Gasteiger partial charge is 0.486 e. The predicted molar refractivity (Wildman–Crippen MR) is 93.1 cm³/mol. The van der Waals surface area contributed by atoms with Crippen LogP contribution in [0, 0.1) is 6.92 Å². The van der Waals surface area contributed by atoms with Crippen LogP contribution in [0.3, 0.4) is 0 Å². The second-order valence-electron chi connectivity index (χ2n) is 5.92. The van der Waals surface area contributed by atoms with Gasteiger partial charge in [0, 0.05) is 11.1 Å². The fraction of sp³-hybridized carbons (Fsp3) is 0.211. The lowest BCUT2D eigenvalue weighted by atomic mass is 10.1. The number of aromatic nitrogens is 2. The highest BCUT2D eigenvalue weighted by molar-refractivity contribution is 5.94. The highest BCUT2D eigenvalue weighted by Gasteiger charge is 2.16. The number of carbonyl (C=O) groups is 1. The van der Waals surface area contributed by atoms with Crippen LogP contribution in [0.15, 0.2) is 47.0 Å². The van der Waals surface area contributed by atoms with E-state index in [1.165, 1.54) is 0 Å². The van der Waals surface area contributed by atoms with Gasteiger partial charge in [0.25, 0.3) is 5.91 Å². The molecule has 0 spiro atoms. The average molecular weight is 351 g/mol. The van der Waals surface area contributed by atoms with E-state index >= 15 is 0 Å². The summed E-state index contributed by atoms with van der Waals surface area (Å²) in [5, 5.41) is 6.71. The van der Waals surface area contributed by atoms with E-state index in [0.717, 1.165) is 11.1 Å². The smallest absolute Gasteiger partial charge is 0.251 e. The second-order valence-corrected chi connectivity index (χ2v) is 5.92. The zero-order chi connectivity index (χ0) is 17.9. The van der Waals surface area contributed by atoms with Gasteiger partial charge < -0.3 is 19.3 Å². The van der Waals surface area contributed by atoms with E-state index in [-0.39, 0.29) is 12.5 Å². The first-order chi connectivity index (χ1) is 12.7. The van der Waals surface area contributed by atoms with Crippen molar-refractivity contribution < 1.29 is 18.8 Å². The van der Waals surface area contributed by atoms with Crippen LogP contribution in [-0.2, 0) is 6.54 Å². The minimum Gasteiger partial charge on any atom is -0.486 e. The highest BCUT2D eigenvalue weighted by Crippen LogP contribution is 2.30. The molecule has 0 bridgehead atoms. The third-order valence-electron chi connectivity index (χ3n) is 3.98. The number of hydrogen-bond donors (Lipinski definition) is 1. The Morgan fingerprint density at radius 1 is 1.08 bits per heavy atom. The van der Waals surface area contributed by atoms with E-state index < -0.39 is 0 Å². The highest BCUT2D eigenvalue weighted by atomic mass is 16.6. The maximum absolute atomic E-state index is 12.3. The molecule has 0 radical (unpaired) electrons. The molecule has 4 rings (SSSR count). The molecule has 0 aliphatic carbocycles. The van der Waals surface area contributed by atoms with Gasteiger partial charge in [-0.2, -0.15) is 4.98 Å². The number of amides is 1. The number of aryl methyl sites for hydroxylation is 1. The molecule has 0 fully saturated rings. The molecular weight excluding hydrogens is 334 g/mol. The van der Waals surface area contributed by atoms with Gasteiger partial charge in [0.05, 0.1) is 6.54 Å². The molecule has 1 aliphatic rings.